The minimum Gasteiger partial charge on any atom is -0.465 e. The summed E-state index contributed by atoms with van der Waals surface area (Å²) in [4.78, 5) is 36.1. The Morgan fingerprint density at radius 1 is 0.957 bits per heavy atom. The molecule has 0 N–H and O–H groups in total. The molecule has 0 spiro atoms. The van der Waals surface area contributed by atoms with E-state index in [0.29, 0.717) is 6.42 Å². The van der Waals surface area contributed by atoms with Gasteiger partial charge in [-0.1, -0.05) is 39.2 Å². The van der Waals surface area contributed by atoms with Gasteiger partial charge in [0.05, 0.1) is 13.2 Å². The smallest absolute Gasteiger partial charge is 0.333 e. The lowest BCUT2D eigenvalue weighted by atomic mass is 9.80. The van der Waals surface area contributed by atoms with Crippen LogP contribution in [0.4, 0.5) is 0 Å². The molecule has 0 aromatic heterocycles. The average molecular weight is 326 g/mol. The Hall–Kier alpha value is -1.65. The van der Waals surface area contributed by atoms with Crippen LogP contribution >= 0.6 is 0 Å². The molecule has 0 aliphatic heterocycles. The number of esters is 2. The molecular formula is C18H30O5. The second-order valence-electron chi connectivity index (χ2n) is 5.54. The first-order valence-electron chi connectivity index (χ1n) is 8.43. The number of ether oxygens (including phenoxy) is 2. The van der Waals surface area contributed by atoms with Crippen LogP contribution in [0.1, 0.15) is 59.8 Å². The Balaban J connectivity index is 5.25. The average Bonchev–Trinajstić information content (AvgIpc) is 2.49. The molecule has 132 valence electrons. The van der Waals surface area contributed by atoms with Crippen molar-refractivity contribution < 1.29 is 23.9 Å². The summed E-state index contributed by atoms with van der Waals surface area (Å²) in [5.74, 6) is -3.01. The highest BCUT2D eigenvalue weighted by atomic mass is 16.5. The summed E-state index contributed by atoms with van der Waals surface area (Å²) in [6.07, 6.45) is 4.50. The molecule has 5 heteroatoms. The summed E-state index contributed by atoms with van der Waals surface area (Å²) in [6.45, 7) is 11.0. The lowest BCUT2D eigenvalue weighted by Crippen LogP contribution is -2.34. The molecule has 0 aliphatic carbocycles. The van der Waals surface area contributed by atoms with Crippen molar-refractivity contribution in [2.45, 2.75) is 59.8 Å². The zero-order valence-electron chi connectivity index (χ0n) is 14.9. The zero-order valence-corrected chi connectivity index (χ0v) is 14.9. The number of hydrogen-bond acceptors (Lipinski definition) is 5. The molecule has 0 aromatic rings. The summed E-state index contributed by atoms with van der Waals surface area (Å²) >= 11 is 0. The molecular weight excluding hydrogens is 296 g/mol. The van der Waals surface area contributed by atoms with Crippen molar-refractivity contribution in [2.75, 3.05) is 13.2 Å². The van der Waals surface area contributed by atoms with Crippen LogP contribution in [0.2, 0.25) is 0 Å². The predicted molar refractivity (Wildman–Crippen MR) is 88.8 cm³/mol. The van der Waals surface area contributed by atoms with E-state index in [9.17, 15) is 14.4 Å². The predicted octanol–water partition coefficient (Wildman–Crippen LogP) is 3.46. The van der Waals surface area contributed by atoms with Crippen molar-refractivity contribution in [1.29, 1.82) is 0 Å². The normalized spacial score (nSPS) is 13.0. The summed E-state index contributed by atoms with van der Waals surface area (Å²) in [5, 5.41) is 0. The van der Waals surface area contributed by atoms with Crippen LogP contribution in [-0.4, -0.2) is 30.9 Å². The Morgan fingerprint density at radius 3 is 2.04 bits per heavy atom. The van der Waals surface area contributed by atoms with E-state index in [2.05, 4.69) is 13.5 Å². The van der Waals surface area contributed by atoms with E-state index < -0.39 is 23.8 Å². The number of unbranched alkanes of at least 4 members (excludes halogenated alkanes) is 3. The van der Waals surface area contributed by atoms with E-state index in [1.54, 1.807) is 13.8 Å². The van der Waals surface area contributed by atoms with Gasteiger partial charge in [0, 0.05) is 11.5 Å². The van der Waals surface area contributed by atoms with Crippen LogP contribution in [0.25, 0.3) is 0 Å². The van der Waals surface area contributed by atoms with Gasteiger partial charge >= 0.3 is 11.9 Å². The number of rotatable bonds is 12. The van der Waals surface area contributed by atoms with E-state index in [-0.39, 0.29) is 24.6 Å². The van der Waals surface area contributed by atoms with Gasteiger partial charge in [-0.05, 0) is 27.2 Å². The molecule has 0 radical (unpaired) electrons. The van der Waals surface area contributed by atoms with E-state index in [0.717, 1.165) is 25.7 Å². The fourth-order valence-corrected chi connectivity index (χ4v) is 2.55. The van der Waals surface area contributed by atoms with Crippen LogP contribution < -0.4 is 0 Å². The SMILES string of the molecule is C=C(C(=O)OCC)C(CCCCCC)C(C(C)=O)C(=O)OCC. The lowest BCUT2D eigenvalue weighted by molar-refractivity contribution is -0.153. The first-order chi connectivity index (χ1) is 10.9. The monoisotopic (exact) mass is 326 g/mol. The highest BCUT2D eigenvalue weighted by Gasteiger charge is 2.37. The fraction of sp³-hybridized carbons (Fsp3) is 0.722. The van der Waals surface area contributed by atoms with Crippen LogP contribution in [0.3, 0.4) is 0 Å². The minimum absolute atomic E-state index is 0.177. The van der Waals surface area contributed by atoms with Crippen molar-refractivity contribution in [3.05, 3.63) is 12.2 Å². The Labute approximate surface area is 139 Å². The number of carbonyl (C=O) groups is 3. The molecule has 0 rings (SSSR count). The highest BCUT2D eigenvalue weighted by Crippen LogP contribution is 2.29. The van der Waals surface area contributed by atoms with Gasteiger partial charge in [-0.2, -0.15) is 0 Å². The Kier molecular flexibility index (Phi) is 11.0. The molecule has 5 nitrogen and oxygen atoms in total. The Bertz CT molecular complexity index is 414. The van der Waals surface area contributed by atoms with Gasteiger partial charge in [0.2, 0.25) is 0 Å². The number of Topliss-reactive ketones (excluding diaryl/α,β-unsaturated/α-hetero) is 1. The molecule has 0 amide bonds. The fourth-order valence-electron chi connectivity index (χ4n) is 2.55. The molecule has 0 aliphatic rings. The Morgan fingerprint density at radius 2 is 1.57 bits per heavy atom. The van der Waals surface area contributed by atoms with Gasteiger partial charge in [0.15, 0.2) is 0 Å². The molecule has 0 saturated carbocycles. The zero-order chi connectivity index (χ0) is 17.8. The number of hydrogen-bond donors (Lipinski definition) is 0. The van der Waals surface area contributed by atoms with Crippen molar-refractivity contribution in [2.24, 2.45) is 11.8 Å². The van der Waals surface area contributed by atoms with Crippen LogP contribution in [0.5, 0.6) is 0 Å². The van der Waals surface area contributed by atoms with Gasteiger partial charge in [0.25, 0.3) is 0 Å². The van der Waals surface area contributed by atoms with Crippen LogP contribution in [0, 0.1) is 11.8 Å². The van der Waals surface area contributed by atoms with Crippen molar-refractivity contribution in [3.8, 4) is 0 Å². The van der Waals surface area contributed by atoms with Gasteiger partial charge < -0.3 is 9.47 Å². The molecule has 0 heterocycles. The molecule has 0 aromatic carbocycles. The van der Waals surface area contributed by atoms with Gasteiger partial charge in [-0.15, -0.1) is 0 Å². The van der Waals surface area contributed by atoms with E-state index in [1.165, 1.54) is 6.92 Å². The summed E-state index contributed by atoms with van der Waals surface area (Å²) in [7, 11) is 0. The molecule has 0 bridgehead atoms. The minimum atomic E-state index is -0.992. The second-order valence-corrected chi connectivity index (χ2v) is 5.54. The van der Waals surface area contributed by atoms with E-state index in [4.69, 9.17) is 9.47 Å². The van der Waals surface area contributed by atoms with Crippen LogP contribution in [0.15, 0.2) is 12.2 Å². The van der Waals surface area contributed by atoms with Gasteiger partial charge in [-0.3, -0.25) is 9.59 Å². The highest BCUT2D eigenvalue weighted by molar-refractivity contribution is 6.00. The van der Waals surface area contributed by atoms with E-state index in [1.807, 2.05) is 0 Å². The molecule has 0 saturated heterocycles. The quantitative estimate of drug-likeness (QED) is 0.238. The van der Waals surface area contributed by atoms with Crippen molar-refractivity contribution >= 4 is 17.7 Å². The molecule has 2 atom stereocenters. The first kappa shape index (κ1) is 21.4. The second kappa shape index (κ2) is 11.9. The third-order valence-electron chi connectivity index (χ3n) is 3.73. The maximum Gasteiger partial charge on any atom is 0.333 e. The standard InChI is InChI=1S/C18H30O5/c1-6-9-10-11-12-15(13(4)17(20)22-7-2)16(14(5)19)18(21)23-8-3/h15-16H,4,6-12H2,1-3,5H3. The third-order valence-corrected chi connectivity index (χ3v) is 3.73. The number of carbonyl (C=O) groups excluding carboxylic acids is 3. The summed E-state index contributed by atoms with van der Waals surface area (Å²) < 4.78 is 9.99. The maximum absolute atomic E-state index is 12.2. The van der Waals surface area contributed by atoms with Crippen molar-refractivity contribution in [3.63, 3.8) is 0 Å². The van der Waals surface area contributed by atoms with Crippen LogP contribution in [-0.2, 0) is 23.9 Å². The summed E-state index contributed by atoms with van der Waals surface area (Å²) in [5.41, 5.74) is 0.177. The summed E-state index contributed by atoms with van der Waals surface area (Å²) in [6, 6.07) is 0. The molecule has 23 heavy (non-hydrogen) atoms. The molecule has 2 unspecified atom stereocenters. The number of ketones is 1. The lowest BCUT2D eigenvalue weighted by Gasteiger charge is -2.24. The third kappa shape index (κ3) is 7.44. The van der Waals surface area contributed by atoms with Gasteiger partial charge in [-0.25, -0.2) is 4.79 Å². The largest absolute Gasteiger partial charge is 0.465 e. The maximum atomic E-state index is 12.2. The first-order valence-corrected chi connectivity index (χ1v) is 8.43. The van der Waals surface area contributed by atoms with Crippen molar-refractivity contribution in [1.82, 2.24) is 0 Å². The molecule has 0 fully saturated rings. The van der Waals surface area contributed by atoms with E-state index >= 15 is 0 Å². The topological polar surface area (TPSA) is 69.7 Å². The van der Waals surface area contributed by atoms with Gasteiger partial charge in [0.1, 0.15) is 11.7 Å².